The van der Waals surface area contributed by atoms with Gasteiger partial charge in [0, 0.05) is 55.4 Å². The quantitative estimate of drug-likeness (QED) is 0.600. The number of ketones is 1. The molecule has 1 saturated heterocycles. The van der Waals surface area contributed by atoms with Crippen LogP contribution in [0.5, 0.6) is 5.75 Å². The molecule has 152 valence electrons. The molecule has 8 heteroatoms. The summed E-state index contributed by atoms with van der Waals surface area (Å²) in [6, 6.07) is 3.91. The molecular weight excluding hydrogens is 386 g/mol. The summed E-state index contributed by atoms with van der Waals surface area (Å²) < 4.78 is 6.48. The Balaban J connectivity index is 1.66. The molecule has 0 spiro atoms. The first-order valence-electron chi connectivity index (χ1n) is 9.84. The molecule has 3 aromatic heterocycles. The van der Waals surface area contributed by atoms with Gasteiger partial charge in [0.05, 0.1) is 27.4 Å². The van der Waals surface area contributed by atoms with E-state index in [1.54, 1.807) is 24.7 Å². The summed E-state index contributed by atoms with van der Waals surface area (Å²) in [5, 5.41) is 0.468. The van der Waals surface area contributed by atoms with Gasteiger partial charge < -0.3 is 21.1 Å². The Morgan fingerprint density at radius 3 is 3.03 bits per heavy atom. The molecule has 4 N–H and O–H groups in total. The SMILES string of the molecule is CCOc1ccnc2c(C(=O)Cc3cnccc3N3CCC[C@H](N)C3)c(N)sc12. The van der Waals surface area contributed by atoms with Gasteiger partial charge in [0.1, 0.15) is 5.75 Å². The van der Waals surface area contributed by atoms with Crippen LogP contribution in [0.1, 0.15) is 35.7 Å². The van der Waals surface area contributed by atoms with Crippen molar-refractivity contribution in [3.05, 3.63) is 41.9 Å². The van der Waals surface area contributed by atoms with E-state index in [1.165, 1.54) is 11.3 Å². The number of nitrogen functional groups attached to an aromatic ring is 1. The van der Waals surface area contributed by atoms with Crippen molar-refractivity contribution in [3.8, 4) is 5.75 Å². The van der Waals surface area contributed by atoms with E-state index in [4.69, 9.17) is 16.2 Å². The largest absolute Gasteiger partial charge is 0.492 e. The van der Waals surface area contributed by atoms with Gasteiger partial charge in [-0.25, -0.2) is 0 Å². The van der Waals surface area contributed by atoms with Gasteiger partial charge in [0.15, 0.2) is 5.78 Å². The van der Waals surface area contributed by atoms with Gasteiger partial charge in [-0.1, -0.05) is 0 Å². The molecule has 1 aliphatic heterocycles. The maximum absolute atomic E-state index is 13.3. The van der Waals surface area contributed by atoms with Gasteiger partial charge in [-0.15, -0.1) is 11.3 Å². The Labute approximate surface area is 173 Å². The molecule has 0 saturated carbocycles. The Morgan fingerprint density at radius 1 is 1.38 bits per heavy atom. The molecule has 0 radical (unpaired) electrons. The minimum Gasteiger partial charge on any atom is -0.492 e. The van der Waals surface area contributed by atoms with E-state index in [0.717, 1.165) is 41.9 Å². The summed E-state index contributed by atoms with van der Waals surface area (Å²) in [6.45, 7) is 4.18. The van der Waals surface area contributed by atoms with Crippen LogP contribution in [0.3, 0.4) is 0 Å². The van der Waals surface area contributed by atoms with Crippen molar-refractivity contribution < 1.29 is 9.53 Å². The van der Waals surface area contributed by atoms with Crippen molar-refractivity contribution in [1.82, 2.24) is 9.97 Å². The highest BCUT2D eigenvalue weighted by Crippen LogP contribution is 2.38. The minimum atomic E-state index is -0.0644. The molecule has 4 heterocycles. The number of Topliss-reactive ketones (excluding diaryl/α,β-unsaturated/α-hetero) is 1. The fourth-order valence-electron chi connectivity index (χ4n) is 3.88. The standard InChI is InChI=1S/C21H25N5O2S/c1-2-28-17-6-8-25-19-18(21(23)29-20(17)19)16(27)10-13-11-24-7-5-15(13)26-9-3-4-14(22)12-26/h5-8,11,14H,2-4,9-10,12,22-23H2,1H3/t14-/m0/s1. The van der Waals surface area contributed by atoms with Gasteiger partial charge in [-0.05, 0) is 31.9 Å². The second-order valence-electron chi connectivity index (χ2n) is 7.21. The van der Waals surface area contributed by atoms with Gasteiger partial charge in [-0.3, -0.25) is 14.8 Å². The molecule has 1 atom stereocenters. The van der Waals surface area contributed by atoms with Crippen molar-refractivity contribution in [2.45, 2.75) is 32.2 Å². The molecule has 0 aliphatic carbocycles. The number of piperidine rings is 1. The summed E-state index contributed by atoms with van der Waals surface area (Å²) in [4.78, 5) is 24.2. The number of ether oxygens (including phenoxy) is 1. The maximum atomic E-state index is 13.3. The minimum absolute atomic E-state index is 0.0644. The number of thiophene rings is 1. The van der Waals surface area contributed by atoms with Gasteiger partial charge in [-0.2, -0.15) is 0 Å². The summed E-state index contributed by atoms with van der Waals surface area (Å²) in [5.41, 5.74) is 15.4. The zero-order chi connectivity index (χ0) is 20.4. The van der Waals surface area contributed by atoms with Crippen LogP contribution in [-0.4, -0.2) is 41.5 Å². The van der Waals surface area contributed by atoms with Crippen molar-refractivity contribution >= 4 is 38.0 Å². The highest BCUT2D eigenvalue weighted by atomic mass is 32.1. The number of carbonyl (C=O) groups is 1. The summed E-state index contributed by atoms with van der Waals surface area (Å²) in [7, 11) is 0. The van der Waals surface area contributed by atoms with Gasteiger partial charge in [0.25, 0.3) is 0 Å². The van der Waals surface area contributed by atoms with Gasteiger partial charge >= 0.3 is 0 Å². The fraction of sp³-hybridized carbons (Fsp3) is 0.381. The van der Waals surface area contributed by atoms with Crippen molar-refractivity contribution in [1.29, 1.82) is 0 Å². The second-order valence-corrected chi connectivity index (χ2v) is 8.27. The smallest absolute Gasteiger partial charge is 0.172 e. The monoisotopic (exact) mass is 411 g/mol. The number of pyridine rings is 2. The summed E-state index contributed by atoms with van der Waals surface area (Å²) >= 11 is 1.34. The number of anilines is 2. The number of nitrogens with two attached hydrogens (primary N) is 2. The van der Waals surface area contributed by atoms with Crippen LogP contribution in [0.2, 0.25) is 0 Å². The van der Waals surface area contributed by atoms with E-state index in [0.29, 0.717) is 28.4 Å². The lowest BCUT2D eigenvalue weighted by atomic mass is 10.0. The molecule has 0 unspecified atom stereocenters. The normalized spacial score (nSPS) is 16.9. The first-order chi connectivity index (χ1) is 14.1. The van der Waals surface area contributed by atoms with Crippen LogP contribution >= 0.6 is 11.3 Å². The lowest BCUT2D eigenvalue weighted by molar-refractivity contribution is 0.0995. The number of fused-ring (bicyclic) bond motifs is 1. The molecule has 4 rings (SSSR count). The maximum Gasteiger partial charge on any atom is 0.172 e. The third kappa shape index (κ3) is 3.90. The van der Waals surface area contributed by atoms with Crippen molar-refractivity contribution in [3.63, 3.8) is 0 Å². The van der Waals surface area contributed by atoms with Crippen molar-refractivity contribution in [2.24, 2.45) is 5.73 Å². The molecule has 7 nitrogen and oxygen atoms in total. The summed E-state index contributed by atoms with van der Waals surface area (Å²) in [5.74, 6) is 0.642. The highest BCUT2D eigenvalue weighted by Gasteiger charge is 2.24. The van der Waals surface area contributed by atoms with E-state index < -0.39 is 0 Å². The third-order valence-electron chi connectivity index (χ3n) is 5.17. The molecule has 0 aromatic carbocycles. The van der Waals surface area contributed by atoms with Crippen molar-refractivity contribution in [2.75, 3.05) is 30.3 Å². The van der Waals surface area contributed by atoms with Crippen LogP contribution < -0.4 is 21.1 Å². The van der Waals surface area contributed by atoms with Crippen LogP contribution in [0.15, 0.2) is 30.7 Å². The predicted molar refractivity (Wildman–Crippen MR) is 117 cm³/mol. The average molecular weight is 412 g/mol. The van der Waals surface area contributed by atoms with E-state index in [-0.39, 0.29) is 18.2 Å². The first-order valence-corrected chi connectivity index (χ1v) is 10.7. The number of rotatable bonds is 6. The lowest BCUT2D eigenvalue weighted by Gasteiger charge is -2.33. The number of hydrogen-bond donors (Lipinski definition) is 2. The number of aromatic nitrogens is 2. The molecule has 0 bridgehead atoms. The number of carbonyl (C=O) groups excluding carboxylic acids is 1. The molecule has 29 heavy (non-hydrogen) atoms. The molecular formula is C21H25N5O2S. The zero-order valence-electron chi connectivity index (χ0n) is 16.4. The van der Waals surface area contributed by atoms with Gasteiger partial charge in [0.2, 0.25) is 0 Å². The van der Waals surface area contributed by atoms with E-state index in [2.05, 4.69) is 14.9 Å². The lowest BCUT2D eigenvalue weighted by Crippen LogP contribution is -2.43. The Bertz CT molecular complexity index is 1040. The highest BCUT2D eigenvalue weighted by molar-refractivity contribution is 7.23. The predicted octanol–water partition coefficient (Wildman–Crippen LogP) is 3.03. The molecule has 0 amide bonds. The number of nitrogens with zero attached hydrogens (tertiary/aromatic N) is 3. The topological polar surface area (TPSA) is 107 Å². The van der Waals surface area contributed by atoms with Crippen LogP contribution in [0.25, 0.3) is 10.2 Å². The Hall–Kier alpha value is -2.71. The van der Waals surface area contributed by atoms with Crippen LogP contribution in [0, 0.1) is 0 Å². The van der Waals surface area contributed by atoms with E-state index in [9.17, 15) is 4.79 Å². The van der Waals surface area contributed by atoms with Crippen LogP contribution in [-0.2, 0) is 6.42 Å². The van der Waals surface area contributed by atoms with E-state index >= 15 is 0 Å². The third-order valence-corrected chi connectivity index (χ3v) is 6.19. The first kappa shape index (κ1) is 19.6. The fourth-order valence-corrected chi connectivity index (χ4v) is 4.89. The molecule has 1 aliphatic rings. The molecule has 1 fully saturated rings. The summed E-state index contributed by atoms with van der Waals surface area (Å²) in [6.07, 6.45) is 7.46. The Kier molecular flexibility index (Phi) is 5.64. The zero-order valence-corrected chi connectivity index (χ0v) is 17.2. The number of hydrogen-bond acceptors (Lipinski definition) is 8. The average Bonchev–Trinajstić information content (AvgIpc) is 3.05. The second kappa shape index (κ2) is 8.34. The Morgan fingerprint density at radius 2 is 2.24 bits per heavy atom. The van der Waals surface area contributed by atoms with Crippen LogP contribution in [0.4, 0.5) is 10.7 Å². The van der Waals surface area contributed by atoms with E-state index in [1.807, 2.05) is 13.0 Å². The molecule has 3 aromatic rings.